The molecule has 1 atom stereocenters. The first-order valence-corrected chi connectivity index (χ1v) is 7.60. The minimum absolute atomic E-state index is 0.122. The maximum Gasteiger partial charge on any atom is 0.152 e. The Morgan fingerprint density at radius 1 is 1.13 bits per heavy atom. The van der Waals surface area contributed by atoms with Crippen LogP contribution in [0.5, 0.6) is 0 Å². The Bertz CT molecular complexity index is 276. The SMILES string of the molecule is CC[C@H](CS(=O)(=O)C(C)C)C(C)(C)CC. The predicted octanol–water partition coefficient (Wildman–Crippen LogP) is 3.27. The van der Waals surface area contributed by atoms with Gasteiger partial charge in [0, 0.05) is 0 Å². The van der Waals surface area contributed by atoms with Crippen LogP contribution >= 0.6 is 0 Å². The highest BCUT2D eigenvalue weighted by atomic mass is 32.2. The highest BCUT2D eigenvalue weighted by Crippen LogP contribution is 2.34. The summed E-state index contributed by atoms with van der Waals surface area (Å²) in [7, 11) is -2.90. The molecule has 2 nitrogen and oxygen atoms in total. The molecule has 3 heteroatoms. The number of sulfone groups is 1. The zero-order valence-electron chi connectivity index (χ0n) is 11.0. The van der Waals surface area contributed by atoms with E-state index in [1.807, 2.05) is 0 Å². The maximum atomic E-state index is 11.9. The molecule has 0 bridgehead atoms. The fraction of sp³-hybridized carbons (Fsp3) is 1.00. The summed E-state index contributed by atoms with van der Waals surface area (Å²) >= 11 is 0. The molecule has 0 heterocycles. The summed E-state index contributed by atoms with van der Waals surface area (Å²) in [6, 6.07) is 0. The molecular formula is C12H26O2S. The van der Waals surface area contributed by atoms with E-state index in [-0.39, 0.29) is 16.6 Å². The fourth-order valence-electron chi connectivity index (χ4n) is 1.66. The Hall–Kier alpha value is -0.0500. The Morgan fingerprint density at radius 3 is 1.87 bits per heavy atom. The summed E-state index contributed by atoms with van der Waals surface area (Å²) in [5.41, 5.74) is 0.122. The van der Waals surface area contributed by atoms with E-state index >= 15 is 0 Å². The van der Waals surface area contributed by atoms with Crippen molar-refractivity contribution in [3.05, 3.63) is 0 Å². The summed E-state index contributed by atoms with van der Waals surface area (Å²) in [5.74, 6) is 0.608. The molecule has 0 amide bonds. The van der Waals surface area contributed by atoms with Crippen molar-refractivity contribution < 1.29 is 8.42 Å². The molecule has 0 aliphatic carbocycles. The van der Waals surface area contributed by atoms with Crippen LogP contribution in [-0.2, 0) is 9.84 Å². The summed E-state index contributed by atoms with van der Waals surface area (Å²) < 4.78 is 23.7. The van der Waals surface area contributed by atoms with Crippen LogP contribution < -0.4 is 0 Å². The van der Waals surface area contributed by atoms with Gasteiger partial charge in [0.15, 0.2) is 9.84 Å². The van der Waals surface area contributed by atoms with E-state index < -0.39 is 9.84 Å². The van der Waals surface area contributed by atoms with E-state index in [0.717, 1.165) is 12.8 Å². The molecule has 0 aromatic heterocycles. The quantitative estimate of drug-likeness (QED) is 0.707. The topological polar surface area (TPSA) is 34.1 Å². The van der Waals surface area contributed by atoms with Gasteiger partial charge in [0.05, 0.1) is 11.0 Å². The maximum absolute atomic E-state index is 11.9. The smallest absolute Gasteiger partial charge is 0.152 e. The second kappa shape index (κ2) is 5.33. The lowest BCUT2D eigenvalue weighted by Crippen LogP contribution is -2.32. The van der Waals surface area contributed by atoms with Gasteiger partial charge in [0.1, 0.15) is 0 Å². The molecule has 0 saturated heterocycles. The van der Waals surface area contributed by atoms with Gasteiger partial charge in [-0.25, -0.2) is 8.42 Å². The van der Waals surface area contributed by atoms with Gasteiger partial charge in [-0.15, -0.1) is 0 Å². The minimum atomic E-state index is -2.90. The molecule has 0 aromatic rings. The van der Waals surface area contributed by atoms with E-state index in [1.54, 1.807) is 13.8 Å². The summed E-state index contributed by atoms with van der Waals surface area (Å²) in [6.07, 6.45) is 1.96. The Labute approximate surface area is 95.4 Å². The average Bonchev–Trinajstić information content (AvgIpc) is 2.13. The van der Waals surface area contributed by atoms with Crippen LogP contribution in [0.2, 0.25) is 0 Å². The molecule has 0 saturated carbocycles. The summed E-state index contributed by atoms with van der Waals surface area (Å²) in [4.78, 5) is 0. The van der Waals surface area contributed by atoms with Crippen molar-refractivity contribution in [2.45, 2.75) is 59.6 Å². The molecule has 0 radical (unpaired) electrons. The standard InChI is InChI=1S/C12H26O2S/c1-7-11(12(5,6)8-2)9-15(13,14)10(3)4/h10-11H,7-9H2,1-6H3/t11-/m1/s1. The number of hydrogen-bond acceptors (Lipinski definition) is 2. The van der Waals surface area contributed by atoms with Gasteiger partial charge >= 0.3 is 0 Å². The number of hydrogen-bond donors (Lipinski definition) is 0. The molecule has 15 heavy (non-hydrogen) atoms. The van der Waals surface area contributed by atoms with E-state index in [0.29, 0.717) is 5.75 Å². The van der Waals surface area contributed by atoms with Crippen molar-refractivity contribution in [3.8, 4) is 0 Å². The second-order valence-corrected chi connectivity index (χ2v) is 7.93. The van der Waals surface area contributed by atoms with Crippen LogP contribution in [0, 0.1) is 11.3 Å². The highest BCUT2D eigenvalue weighted by molar-refractivity contribution is 7.91. The van der Waals surface area contributed by atoms with Crippen LogP contribution in [0.15, 0.2) is 0 Å². The molecule has 0 unspecified atom stereocenters. The van der Waals surface area contributed by atoms with Crippen LogP contribution in [0.4, 0.5) is 0 Å². The predicted molar refractivity (Wildman–Crippen MR) is 66.8 cm³/mol. The molecular weight excluding hydrogens is 208 g/mol. The normalized spacial score (nSPS) is 15.7. The Kier molecular flexibility index (Phi) is 5.31. The lowest BCUT2D eigenvalue weighted by atomic mass is 9.76. The van der Waals surface area contributed by atoms with Gasteiger partial charge in [-0.05, 0) is 25.2 Å². The van der Waals surface area contributed by atoms with E-state index in [9.17, 15) is 8.42 Å². The molecule has 0 aliphatic heterocycles. The number of rotatable bonds is 6. The van der Waals surface area contributed by atoms with E-state index in [4.69, 9.17) is 0 Å². The van der Waals surface area contributed by atoms with Gasteiger partial charge in [0.2, 0.25) is 0 Å². The molecule has 0 N–H and O–H groups in total. The Balaban J connectivity index is 4.76. The molecule has 0 aromatic carbocycles. The lowest BCUT2D eigenvalue weighted by Gasteiger charge is -2.33. The monoisotopic (exact) mass is 234 g/mol. The molecule has 0 fully saturated rings. The lowest BCUT2D eigenvalue weighted by molar-refractivity contribution is 0.217. The second-order valence-electron chi connectivity index (χ2n) is 5.33. The largest absolute Gasteiger partial charge is 0.229 e. The molecule has 0 aliphatic rings. The first-order valence-electron chi connectivity index (χ1n) is 5.89. The summed E-state index contributed by atoms with van der Waals surface area (Å²) in [6.45, 7) is 12.1. The first-order chi connectivity index (χ1) is 6.67. The van der Waals surface area contributed by atoms with Gasteiger partial charge in [-0.3, -0.25) is 0 Å². The van der Waals surface area contributed by atoms with Crippen molar-refractivity contribution in [2.75, 3.05) is 5.75 Å². The van der Waals surface area contributed by atoms with Gasteiger partial charge in [-0.1, -0.05) is 40.5 Å². The average molecular weight is 234 g/mol. The zero-order valence-corrected chi connectivity index (χ0v) is 11.8. The molecule has 0 spiro atoms. The van der Waals surface area contributed by atoms with Crippen molar-refractivity contribution in [1.29, 1.82) is 0 Å². The van der Waals surface area contributed by atoms with Gasteiger partial charge < -0.3 is 0 Å². The van der Waals surface area contributed by atoms with E-state index in [1.165, 1.54) is 0 Å². The van der Waals surface area contributed by atoms with Crippen molar-refractivity contribution in [2.24, 2.45) is 11.3 Å². The zero-order chi connectivity index (χ0) is 12.3. The first kappa shape index (κ1) is 14.9. The van der Waals surface area contributed by atoms with Crippen LogP contribution in [0.1, 0.15) is 54.4 Å². The summed E-state index contributed by atoms with van der Waals surface area (Å²) in [5, 5.41) is -0.251. The van der Waals surface area contributed by atoms with Crippen LogP contribution in [0.25, 0.3) is 0 Å². The third kappa shape index (κ3) is 4.13. The third-order valence-corrected chi connectivity index (χ3v) is 5.96. The van der Waals surface area contributed by atoms with Crippen LogP contribution in [-0.4, -0.2) is 19.4 Å². The van der Waals surface area contributed by atoms with Crippen molar-refractivity contribution in [1.82, 2.24) is 0 Å². The third-order valence-electron chi connectivity index (χ3n) is 3.66. The fourth-order valence-corrected chi connectivity index (χ4v) is 3.29. The molecule has 92 valence electrons. The van der Waals surface area contributed by atoms with Gasteiger partial charge in [-0.2, -0.15) is 0 Å². The van der Waals surface area contributed by atoms with Crippen molar-refractivity contribution >= 4 is 9.84 Å². The van der Waals surface area contributed by atoms with Crippen molar-refractivity contribution in [3.63, 3.8) is 0 Å². The minimum Gasteiger partial charge on any atom is -0.229 e. The van der Waals surface area contributed by atoms with Gasteiger partial charge in [0.25, 0.3) is 0 Å². The van der Waals surface area contributed by atoms with E-state index in [2.05, 4.69) is 27.7 Å². The van der Waals surface area contributed by atoms with Crippen LogP contribution in [0.3, 0.4) is 0 Å². The molecule has 0 rings (SSSR count). The highest BCUT2D eigenvalue weighted by Gasteiger charge is 2.31. The Morgan fingerprint density at radius 2 is 1.60 bits per heavy atom.